The van der Waals surface area contributed by atoms with Crippen molar-refractivity contribution < 1.29 is 9.53 Å². The molecular formula is C14H25NO2S. The third kappa shape index (κ3) is 3.89. The highest BCUT2D eigenvalue weighted by Crippen LogP contribution is 2.28. The van der Waals surface area contributed by atoms with E-state index in [1.54, 1.807) is 0 Å². The minimum absolute atomic E-state index is 0.0138. The molecule has 0 amide bonds. The number of nitrogens with one attached hydrogen (secondary N) is 1. The van der Waals surface area contributed by atoms with E-state index in [0.29, 0.717) is 12.6 Å². The number of carbonyl (C=O) groups is 1. The van der Waals surface area contributed by atoms with E-state index in [0.717, 1.165) is 24.6 Å². The lowest BCUT2D eigenvalue weighted by molar-refractivity contribution is -0.141. The SMILES string of the molecule is CCSC1CCCCC1NCCC1CCOC1=O. The minimum atomic E-state index is 0.0138. The molecule has 1 aliphatic heterocycles. The van der Waals surface area contributed by atoms with Crippen molar-refractivity contribution in [2.45, 2.75) is 56.7 Å². The van der Waals surface area contributed by atoms with Crippen LogP contribution in [0.15, 0.2) is 0 Å². The molecule has 4 heteroatoms. The molecule has 0 radical (unpaired) electrons. The van der Waals surface area contributed by atoms with E-state index in [-0.39, 0.29) is 11.9 Å². The Morgan fingerprint density at radius 3 is 2.89 bits per heavy atom. The van der Waals surface area contributed by atoms with Crippen LogP contribution < -0.4 is 5.32 Å². The van der Waals surface area contributed by atoms with Gasteiger partial charge < -0.3 is 10.1 Å². The molecule has 3 atom stereocenters. The number of carbonyl (C=O) groups excluding carboxylic acids is 1. The molecular weight excluding hydrogens is 246 g/mol. The summed E-state index contributed by atoms with van der Waals surface area (Å²) in [6.45, 7) is 3.83. The van der Waals surface area contributed by atoms with Crippen LogP contribution in [0.4, 0.5) is 0 Å². The van der Waals surface area contributed by atoms with Gasteiger partial charge in [-0.1, -0.05) is 19.8 Å². The highest BCUT2D eigenvalue weighted by molar-refractivity contribution is 7.99. The molecule has 2 aliphatic rings. The van der Waals surface area contributed by atoms with Crippen LogP contribution >= 0.6 is 11.8 Å². The summed E-state index contributed by atoms with van der Waals surface area (Å²) in [6, 6.07) is 0.654. The predicted octanol–water partition coefficient (Wildman–Crippen LogP) is 2.59. The molecule has 18 heavy (non-hydrogen) atoms. The van der Waals surface area contributed by atoms with Crippen molar-refractivity contribution in [3.63, 3.8) is 0 Å². The van der Waals surface area contributed by atoms with Gasteiger partial charge in [0, 0.05) is 11.3 Å². The van der Waals surface area contributed by atoms with Crippen molar-refractivity contribution >= 4 is 17.7 Å². The molecule has 3 nitrogen and oxygen atoms in total. The van der Waals surface area contributed by atoms with Gasteiger partial charge in [0.2, 0.25) is 0 Å². The first kappa shape index (κ1) is 14.2. The summed E-state index contributed by atoms with van der Waals surface area (Å²) in [4.78, 5) is 11.4. The van der Waals surface area contributed by atoms with Gasteiger partial charge in [0.05, 0.1) is 12.5 Å². The second kappa shape index (κ2) is 7.39. The number of rotatable bonds is 6. The number of hydrogen-bond acceptors (Lipinski definition) is 4. The smallest absolute Gasteiger partial charge is 0.309 e. The normalized spacial score (nSPS) is 32.5. The van der Waals surface area contributed by atoms with E-state index in [2.05, 4.69) is 24.0 Å². The van der Waals surface area contributed by atoms with E-state index in [1.807, 2.05) is 0 Å². The maximum Gasteiger partial charge on any atom is 0.309 e. The Hall–Kier alpha value is -0.220. The van der Waals surface area contributed by atoms with Gasteiger partial charge in [-0.05, 0) is 38.0 Å². The average Bonchev–Trinajstić information content (AvgIpc) is 2.78. The molecule has 1 saturated heterocycles. The molecule has 2 fully saturated rings. The summed E-state index contributed by atoms with van der Waals surface area (Å²) >= 11 is 2.09. The molecule has 3 unspecified atom stereocenters. The van der Waals surface area contributed by atoms with Crippen LogP contribution in [-0.2, 0) is 9.53 Å². The highest BCUT2D eigenvalue weighted by Gasteiger charge is 2.28. The molecule has 0 aromatic carbocycles. The Labute approximate surface area is 114 Å². The van der Waals surface area contributed by atoms with Gasteiger partial charge in [-0.3, -0.25) is 4.79 Å². The Bertz CT molecular complexity index is 271. The number of ether oxygens (including phenoxy) is 1. The molecule has 1 saturated carbocycles. The number of cyclic esters (lactones) is 1. The first-order valence-corrected chi connectivity index (χ1v) is 8.37. The van der Waals surface area contributed by atoms with Gasteiger partial charge in [-0.2, -0.15) is 11.8 Å². The molecule has 0 aromatic rings. The van der Waals surface area contributed by atoms with E-state index in [1.165, 1.54) is 31.4 Å². The van der Waals surface area contributed by atoms with Crippen molar-refractivity contribution in [3.8, 4) is 0 Å². The Balaban J connectivity index is 1.69. The fourth-order valence-electron chi connectivity index (χ4n) is 2.99. The molecule has 0 spiro atoms. The summed E-state index contributed by atoms with van der Waals surface area (Å²) < 4.78 is 5.00. The van der Waals surface area contributed by atoms with Crippen LogP contribution in [-0.4, -0.2) is 36.2 Å². The lowest BCUT2D eigenvalue weighted by Gasteiger charge is -2.32. The molecule has 0 aromatic heterocycles. The van der Waals surface area contributed by atoms with E-state index in [4.69, 9.17) is 4.74 Å². The standard InChI is InChI=1S/C14H25NO2S/c1-2-18-13-6-4-3-5-12(13)15-9-7-11-8-10-17-14(11)16/h11-13,15H,2-10H2,1H3. The van der Waals surface area contributed by atoms with E-state index < -0.39 is 0 Å². The third-order valence-corrected chi connectivity index (χ3v) is 5.35. The number of esters is 1. The van der Waals surface area contributed by atoms with Crippen molar-refractivity contribution in [2.75, 3.05) is 18.9 Å². The highest BCUT2D eigenvalue weighted by atomic mass is 32.2. The Morgan fingerprint density at radius 1 is 1.33 bits per heavy atom. The number of thioether (sulfide) groups is 1. The quantitative estimate of drug-likeness (QED) is 0.754. The van der Waals surface area contributed by atoms with Crippen LogP contribution in [0.5, 0.6) is 0 Å². The first-order valence-electron chi connectivity index (χ1n) is 7.33. The van der Waals surface area contributed by atoms with E-state index >= 15 is 0 Å². The number of hydrogen-bond donors (Lipinski definition) is 1. The third-order valence-electron chi connectivity index (χ3n) is 4.03. The second-order valence-corrected chi connectivity index (χ2v) is 6.80. The minimum Gasteiger partial charge on any atom is -0.465 e. The van der Waals surface area contributed by atoms with Crippen LogP contribution in [0.3, 0.4) is 0 Å². The molecule has 2 rings (SSSR count). The molecule has 104 valence electrons. The molecule has 1 heterocycles. The largest absolute Gasteiger partial charge is 0.465 e. The van der Waals surface area contributed by atoms with Crippen LogP contribution in [0.25, 0.3) is 0 Å². The fraction of sp³-hybridized carbons (Fsp3) is 0.929. The van der Waals surface area contributed by atoms with Crippen molar-refractivity contribution in [1.29, 1.82) is 0 Å². The Kier molecular flexibility index (Phi) is 5.83. The molecule has 1 aliphatic carbocycles. The first-order chi connectivity index (χ1) is 8.81. The zero-order valence-corrected chi connectivity index (χ0v) is 12.1. The van der Waals surface area contributed by atoms with Gasteiger partial charge in [0.25, 0.3) is 0 Å². The van der Waals surface area contributed by atoms with Crippen molar-refractivity contribution in [3.05, 3.63) is 0 Å². The lowest BCUT2D eigenvalue weighted by Crippen LogP contribution is -2.41. The topological polar surface area (TPSA) is 38.3 Å². The van der Waals surface area contributed by atoms with Gasteiger partial charge >= 0.3 is 5.97 Å². The maximum atomic E-state index is 11.4. The van der Waals surface area contributed by atoms with Crippen molar-refractivity contribution in [2.24, 2.45) is 5.92 Å². The van der Waals surface area contributed by atoms with Gasteiger partial charge in [0.1, 0.15) is 0 Å². The van der Waals surface area contributed by atoms with Crippen molar-refractivity contribution in [1.82, 2.24) is 5.32 Å². The fourth-order valence-corrected chi connectivity index (χ4v) is 4.21. The maximum absolute atomic E-state index is 11.4. The second-order valence-electron chi connectivity index (χ2n) is 5.28. The zero-order chi connectivity index (χ0) is 12.8. The summed E-state index contributed by atoms with van der Waals surface area (Å²) in [5, 5.41) is 4.45. The van der Waals surface area contributed by atoms with Crippen LogP contribution in [0, 0.1) is 5.92 Å². The van der Waals surface area contributed by atoms with Crippen LogP contribution in [0.1, 0.15) is 45.4 Å². The summed E-state index contributed by atoms with van der Waals surface area (Å²) in [5.74, 6) is 1.37. The summed E-state index contributed by atoms with van der Waals surface area (Å²) in [5.41, 5.74) is 0. The monoisotopic (exact) mass is 271 g/mol. The van der Waals surface area contributed by atoms with Gasteiger partial charge in [0.15, 0.2) is 0 Å². The van der Waals surface area contributed by atoms with E-state index in [9.17, 15) is 4.79 Å². The molecule has 1 N–H and O–H groups in total. The zero-order valence-electron chi connectivity index (χ0n) is 11.3. The van der Waals surface area contributed by atoms with Crippen LogP contribution in [0.2, 0.25) is 0 Å². The average molecular weight is 271 g/mol. The Morgan fingerprint density at radius 2 is 2.17 bits per heavy atom. The van der Waals surface area contributed by atoms with Gasteiger partial charge in [-0.15, -0.1) is 0 Å². The predicted molar refractivity (Wildman–Crippen MR) is 75.9 cm³/mol. The summed E-state index contributed by atoms with van der Waals surface area (Å²) in [7, 11) is 0. The summed E-state index contributed by atoms with van der Waals surface area (Å²) in [6.07, 6.45) is 7.24. The van der Waals surface area contributed by atoms with Gasteiger partial charge in [-0.25, -0.2) is 0 Å². The lowest BCUT2D eigenvalue weighted by atomic mass is 9.94. The molecule has 0 bridgehead atoms.